The molecule has 0 saturated heterocycles. The number of fused-ring (bicyclic) bond motifs is 1. The average Bonchev–Trinajstić information content (AvgIpc) is 2.98. The number of hydrogen-bond donors (Lipinski definition) is 0. The largest absolute Gasteiger partial charge is 1.00 e. The lowest BCUT2D eigenvalue weighted by Crippen LogP contribution is -3.00. The molecule has 0 fully saturated rings. The van der Waals surface area contributed by atoms with Gasteiger partial charge in [0.05, 0.1) is 24.3 Å². The predicted molar refractivity (Wildman–Crippen MR) is 172 cm³/mol. The molecule has 1 heterocycles. The molecule has 1 aliphatic rings. The lowest BCUT2D eigenvalue weighted by molar-refractivity contribution is -0.546. The molecule has 0 aromatic heterocycles. The van der Waals surface area contributed by atoms with Crippen LogP contribution in [0.2, 0.25) is 5.02 Å². The van der Waals surface area contributed by atoms with Gasteiger partial charge in [-0.1, -0.05) is 115 Å². The van der Waals surface area contributed by atoms with E-state index in [9.17, 15) is 4.39 Å². The molecule has 0 unspecified atom stereocenters. The van der Waals surface area contributed by atoms with Gasteiger partial charge in [-0.15, -0.1) is 0 Å². The average molecular weight is 714 g/mol. The Labute approximate surface area is 277 Å². The van der Waals surface area contributed by atoms with E-state index in [4.69, 9.17) is 21.1 Å². The smallest absolute Gasteiger partial charge is 0.184 e. The number of methoxy groups -OCH3 is 1. The topological polar surface area (TPSA) is 21.5 Å². The lowest BCUT2D eigenvalue weighted by atomic mass is 9.91. The van der Waals surface area contributed by atoms with Gasteiger partial charge in [0.25, 0.3) is 0 Å². The first-order valence-electron chi connectivity index (χ1n) is 16.5. The maximum absolute atomic E-state index is 14.8. The molecule has 236 valence electrons. The van der Waals surface area contributed by atoms with E-state index in [1.54, 1.807) is 19.2 Å². The molecule has 0 N–H and O–H groups in total. The highest BCUT2D eigenvalue weighted by Crippen LogP contribution is 2.37. The van der Waals surface area contributed by atoms with Gasteiger partial charge in [0.15, 0.2) is 23.8 Å². The Bertz CT molecular complexity index is 1070. The quantitative estimate of drug-likeness (QED) is 0.0752. The molecule has 1 aliphatic heterocycles. The van der Waals surface area contributed by atoms with Crippen molar-refractivity contribution in [2.45, 2.75) is 130 Å². The van der Waals surface area contributed by atoms with Crippen molar-refractivity contribution in [2.24, 2.45) is 0 Å². The monoisotopic (exact) mass is 713 g/mol. The molecular formula is C36H54ClFINO2. The first-order valence-corrected chi connectivity index (χ1v) is 16.8. The highest BCUT2D eigenvalue weighted by molar-refractivity contribution is 6.31. The highest BCUT2D eigenvalue weighted by Gasteiger charge is 2.30. The van der Waals surface area contributed by atoms with Crippen molar-refractivity contribution in [1.82, 2.24) is 0 Å². The molecule has 0 bridgehead atoms. The van der Waals surface area contributed by atoms with Crippen LogP contribution in [0.1, 0.15) is 133 Å². The fourth-order valence-electron chi connectivity index (χ4n) is 6.00. The minimum absolute atomic E-state index is 0. The van der Waals surface area contributed by atoms with Crippen LogP contribution in [0.15, 0.2) is 30.3 Å². The second kappa shape index (κ2) is 21.4. The van der Waals surface area contributed by atoms with Crippen LogP contribution in [0.25, 0.3) is 0 Å². The lowest BCUT2D eigenvalue weighted by Gasteiger charge is -2.23. The van der Waals surface area contributed by atoms with Crippen molar-refractivity contribution in [2.75, 3.05) is 20.3 Å². The molecular weight excluding hydrogens is 660 g/mol. The Kier molecular flexibility index (Phi) is 18.8. The normalized spacial score (nSPS) is 12.7. The second-order valence-corrected chi connectivity index (χ2v) is 12.0. The van der Waals surface area contributed by atoms with E-state index in [0.717, 1.165) is 43.7 Å². The van der Waals surface area contributed by atoms with Crippen LogP contribution in [0.4, 0.5) is 4.39 Å². The zero-order valence-corrected chi connectivity index (χ0v) is 29.3. The van der Waals surface area contributed by atoms with Gasteiger partial charge in [-0.05, 0) is 37.1 Å². The molecule has 6 heteroatoms. The number of benzene rings is 2. The summed E-state index contributed by atoms with van der Waals surface area (Å²) in [4.78, 5) is 0. The summed E-state index contributed by atoms with van der Waals surface area (Å²) < 4.78 is 29.3. The van der Waals surface area contributed by atoms with Gasteiger partial charge in [0.2, 0.25) is 0 Å². The first kappa shape index (κ1) is 36.8. The number of halogens is 3. The van der Waals surface area contributed by atoms with Gasteiger partial charge in [0.1, 0.15) is 12.4 Å². The van der Waals surface area contributed by atoms with E-state index in [1.165, 1.54) is 106 Å². The Balaban J connectivity index is 0.00000616. The fraction of sp³-hybridized carbons (Fsp3) is 0.639. The van der Waals surface area contributed by atoms with Crippen molar-refractivity contribution in [3.8, 4) is 11.5 Å². The van der Waals surface area contributed by atoms with Crippen LogP contribution in [-0.2, 0) is 13.0 Å². The van der Waals surface area contributed by atoms with Crippen LogP contribution in [-0.4, -0.2) is 30.5 Å². The maximum Gasteiger partial charge on any atom is 0.184 e. The van der Waals surface area contributed by atoms with Crippen molar-refractivity contribution in [3.05, 3.63) is 57.9 Å². The summed E-state index contributed by atoms with van der Waals surface area (Å²) >= 11 is 6.47. The third kappa shape index (κ3) is 11.6. The molecule has 3 nitrogen and oxygen atoms in total. The number of hydrogen-bond acceptors (Lipinski definition) is 2. The number of ether oxygens (including phenoxy) is 2. The van der Waals surface area contributed by atoms with E-state index in [2.05, 4.69) is 24.5 Å². The molecule has 0 aliphatic carbocycles. The van der Waals surface area contributed by atoms with Crippen molar-refractivity contribution in [1.29, 1.82) is 0 Å². The summed E-state index contributed by atoms with van der Waals surface area (Å²) in [5.74, 6) is 1.47. The standard InChI is InChI=1S/C36H54ClFNO2.HI/c1-4-6-8-10-12-13-14-15-17-22-34-29-23-24-35(40-3)36(41-27-18-16-11-9-7-5-2)30(29)25-26-39(34)28-31-32(37)20-19-21-33(31)38;/h19-21,23-24H,4-18,22,25-28H2,1-3H3;1H/q+1;/p-1. The molecule has 0 atom stereocenters. The zero-order chi connectivity index (χ0) is 29.3. The molecule has 2 aromatic rings. The van der Waals surface area contributed by atoms with Gasteiger partial charge >= 0.3 is 0 Å². The summed E-state index contributed by atoms with van der Waals surface area (Å²) in [6.07, 6.45) is 20.9. The van der Waals surface area contributed by atoms with Crippen LogP contribution in [0, 0.1) is 5.82 Å². The number of unbranched alkanes of at least 4 members (excludes halogenated alkanes) is 13. The molecule has 0 spiro atoms. The molecule has 0 amide bonds. The van der Waals surface area contributed by atoms with Gasteiger partial charge < -0.3 is 33.5 Å². The zero-order valence-electron chi connectivity index (χ0n) is 26.4. The summed E-state index contributed by atoms with van der Waals surface area (Å²) in [6.45, 7) is 6.52. The minimum Gasteiger partial charge on any atom is -1.00 e. The first-order chi connectivity index (χ1) is 20.1. The van der Waals surface area contributed by atoms with E-state index in [0.29, 0.717) is 23.7 Å². The maximum atomic E-state index is 14.8. The van der Waals surface area contributed by atoms with E-state index < -0.39 is 0 Å². The van der Waals surface area contributed by atoms with Crippen molar-refractivity contribution < 1.29 is 42.4 Å². The van der Waals surface area contributed by atoms with Crippen molar-refractivity contribution in [3.63, 3.8) is 0 Å². The van der Waals surface area contributed by atoms with E-state index in [1.807, 2.05) is 6.07 Å². The fourth-order valence-corrected chi connectivity index (χ4v) is 6.22. The van der Waals surface area contributed by atoms with E-state index in [-0.39, 0.29) is 29.8 Å². The minimum atomic E-state index is -0.233. The SMILES string of the molecule is CCCCCCCCCCCC1=[N+](Cc2c(F)cccc2Cl)CCc2c1ccc(OC)c2OCCCCCCCC.[I-]. The molecule has 0 radical (unpaired) electrons. The van der Waals surface area contributed by atoms with Gasteiger partial charge in [-0.2, -0.15) is 0 Å². The van der Waals surface area contributed by atoms with E-state index >= 15 is 0 Å². The predicted octanol–water partition coefficient (Wildman–Crippen LogP) is 7.71. The summed E-state index contributed by atoms with van der Waals surface area (Å²) in [5, 5.41) is 0.496. The molecule has 0 saturated carbocycles. The Morgan fingerprint density at radius 2 is 1.43 bits per heavy atom. The summed E-state index contributed by atoms with van der Waals surface area (Å²) in [5.41, 5.74) is 4.31. The Hall–Kier alpha value is -1.34. The van der Waals surface area contributed by atoms with Crippen LogP contribution >= 0.6 is 11.6 Å². The Morgan fingerprint density at radius 3 is 2.05 bits per heavy atom. The Morgan fingerprint density at radius 1 is 0.810 bits per heavy atom. The molecule has 2 aromatic carbocycles. The molecule has 42 heavy (non-hydrogen) atoms. The summed E-state index contributed by atoms with van der Waals surface area (Å²) in [7, 11) is 1.72. The second-order valence-electron chi connectivity index (χ2n) is 11.6. The van der Waals surface area contributed by atoms with Crippen LogP contribution in [0.5, 0.6) is 11.5 Å². The van der Waals surface area contributed by atoms with Crippen LogP contribution in [0.3, 0.4) is 0 Å². The van der Waals surface area contributed by atoms with Crippen LogP contribution < -0.4 is 33.5 Å². The van der Waals surface area contributed by atoms with Crippen molar-refractivity contribution >= 4 is 17.3 Å². The van der Waals surface area contributed by atoms with Gasteiger partial charge in [-0.3, -0.25) is 0 Å². The summed E-state index contributed by atoms with van der Waals surface area (Å²) in [6, 6.07) is 9.21. The molecule has 3 rings (SSSR count). The van der Waals surface area contributed by atoms with Gasteiger partial charge in [0, 0.05) is 24.0 Å². The van der Waals surface area contributed by atoms with Gasteiger partial charge in [-0.25, -0.2) is 8.97 Å². The number of rotatable bonds is 21. The third-order valence-electron chi connectivity index (χ3n) is 8.44. The number of nitrogens with zero attached hydrogens (tertiary/aromatic N) is 1. The third-order valence-corrected chi connectivity index (χ3v) is 8.79. The highest BCUT2D eigenvalue weighted by atomic mass is 127.